The molecule has 1 aromatic carbocycles. The van der Waals surface area contributed by atoms with E-state index in [1.807, 2.05) is 0 Å². The fourth-order valence-electron chi connectivity index (χ4n) is 1.71. The summed E-state index contributed by atoms with van der Waals surface area (Å²) < 4.78 is 10.1. The number of rotatable bonds is 3. The van der Waals surface area contributed by atoms with Crippen molar-refractivity contribution in [3.8, 4) is 11.5 Å². The molecule has 6 heteroatoms. The number of ether oxygens (including phenoxy) is 2. The van der Waals surface area contributed by atoms with Crippen molar-refractivity contribution in [2.24, 2.45) is 0 Å². The minimum Gasteiger partial charge on any atom is -0.493 e. The molecule has 0 saturated heterocycles. The van der Waals surface area contributed by atoms with E-state index in [9.17, 15) is 9.59 Å². The second-order valence-corrected chi connectivity index (χ2v) is 3.34. The molecule has 90 valence electrons. The van der Waals surface area contributed by atoms with Crippen LogP contribution in [0.4, 0.5) is 0 Å². The summed E-state index contributed by atoms with van der Waals surface area (Å²) in [6.07, 6.45) is 0. The van der Waals surface area contributed by atoms with E-state index in [4.69, 9.17) is 14.3 Å². The fraction of sp³-hybridized carbons (Fsp3) is 0.273. The Morgan fingerprint density at radius 2 is 1.29 bits per heavy atom. The van der Waals surface area contributed by atoms with Crippen molar-refractivity contribution in [2.75, 3.05) is 21.3 Å². The number of hydroxylamine groups is 2. The van der Waals surface area contributed by atoms with Crippen LogP contribution in [-0.4, -0.2) is 38.2 Å². The van der Waals surface area contributed by atoms with Gasteiger partial charge in [0.15, 0.2) is 11.5 Å². The highest BCUT2D eigenvalue weighted by Crippen LogP contribution is 2.34. The summed E-state index contributed by atoms with van der Waals surface area (Å²) >= 11 is 0. The van der Waals surface area contributed by atoms with E-state index in [1.54, 1.807) is 0 Å². The van der Waals surface area contributed by atoms with Crippen molar-refractivity contribution in [3.05, 3.63) is 23.3 Å². The van der Waals surface area contributed by atoms with E-state index >= 15 is 0 Å². The lowest BCUT2D eigenvalue weighted by atomic mass is 10.1. The third-order valence-electron chi connectivity index (χ3n) is 2.54. The first-order chi connectivity index (χ1) is 8.13. The predicted molar refractivity (Wildman–Crippen MR) is 57.1 cm³/mol. The van der Waals surface area contributed by atoms with Gasteiger partial charge in [-0.1, -0.05) is 0 Å². The molecule has 2 amide bonds. The SMILES string of the molecule is COc1cc2c(cc1OC)C(=O)N(OC)C2=O. The normalized spacial score (nSPS) is 13.9. The molecule has 0 radical (unpaired) electrons. The molecule has 0 unspecified atom stereocenters. The number of benzene rings is 1. The maximum absolute atomic E-state index is 11.8. The molecule has 0 aromatic heterocycles. The average molecular weight is 237 g/mol. The van der Waals surface area contributed by atoms with Crippen LogP contribution in [0.5, 0.6) is 11.5 Å². The Labute approximate surface area is 97.6 Å². The highest BCUT2D eigenvalue weighted by atomic mass is 16.7. The van der Waals surface area contributed by atoms with Crippen molar-refractivity contribution < 1.29 is 23.9 Å². The number of hydrogen-bond acceptors (Lipinski definition) is 5. The number of amides is 2. The lowest BCUT2D eigenvalue weighted by molar-refractivity contribution is -0.0645. The van der Waals surface area contributed by atoms with Crippen LogP contribution in [0.3, 0.4) is 0 Å². The molecule has 0 saturated carbocycles. The first-order valence-electron chi connectivity index (χ1n) is 4.83. The molecular weight excluding hydrogens is 226 g/mol. The number of nitrogens with zero attached hydrogens (tertiary/aromatic N) is 1. The van der Waals surface area contributed by atoms with Crippen LogP contribution < -0.4 is 9.47 Å². The Balaban J connectivity index is 2.59. The molecule has 6 nitrogen and oxygen atoms in total. The van der Waals surface area contributed by atoms with Gasteiger partial charge in [0.2, 0.25) is 0 Å². The number of carbonyl (C=O) groups is 2. The third kappa shape index (κ3) is 1.53. The van der Waals surface area contributed by atoms with Crippen LogP contribution in [0.1, 0.15) is 20.7 Å². The van der Waals surface area contributed by atoms with E-state index in [-0.39, 0.29) is 11.1 Å². The van der Waals surface area contributed by atoms with Crippen LogP contribution in [0.15, 0.2) is 12.1 Å². The van der Waals surface area contributed by atoms with Gasteiger partial charge in [-0.15, -0.1) is 5.06 Å². The number of hydrogen-bond donors (Lipinski definition) is 0. The second-order valence-electron chi connectivity index (χ2n) is 3.34. The highest BCUT2D eigenvalue weighted by Gasteiger charge is 2.37. The smallest absolute Gasteiger partial charge is 0.286 e. The van der Waals surface area contributed by atoms with Crippen molar-refractivity contribution >= 4 is 11.8 Å². The molecule has 1 aliphatic rings. The minimum atomic E-state index is -0.506. The minimum absolute atomic E-state index is 0.245. The van der Waals surface area contributed by atoms with E-state index in [1.165, 1.54) is 33.5 Å². The molecule has 1 heterocycles. The average Bonchev–Trinajstić information content (AvgIpc) is 2.59. The van der Waals surface area contributed by atoms with E-state index in [2.05, 4.69) is 0 Å². The van der Waals surface area contributed by atoms with Gasteiger partial charge in [0.25, 0.3) is 11.8 Å². The monoisotopic (exact) mass is 237 g/mol. The highest BCUT2D eigenvalue weighted by molar-refractivity contribution is 6.21. The summed E-state index contributed by atoms with van der Waals surface area (Å²) in [7, 11) is 4.18. The molecule has 17 heavy (non-hydrogen) atoms. The number of carbonyl (C=O) groups excluding carboxylic acids is 2. The standard InChI is InChI=1S/C11H11NO5/c1-15-8-4-6-7(5-9(8)16-2)11(14)12(17-3)10(6)13/h4-5H,1-3H3. The topological polar surface area (TPSA) is 65.1 Å². The Hall–Kier alpha value is -2.08. The van der Waals surface area contributed by atoms with Crippen molar-refractivity contribution in [2.45, 2.75) is 0 Å². The molecule has 0 aliphatic carbocycles. The number of methoxy groups -OCH3 is 2. The summed E-state index contributed by atoms with van der Waals surface area (Å²) in [5.74, 6) is -0.224. The Morgan fingerprint density at radius 3 is 1.59 bits per heavy atom. The van der Waals surface area contributed by atoms with Crippen molar-refractivity contribution in [1.29, 1.82) is 0 Å². The number of fused-ring (bicyclic) bond motifs is 1. The van der Waals surface area contributed by atoms with Gasteiger partial charge in [0, 0.05) is 0 Å². The first kappa shape index (κ1) is 11.4. The summed E-state index contributed by atoms with van der Waals surface area (Å²) in [5, 5.41) is 0.698. The predicted octanol–water partition coefficient (Wildman–Crippen LogP) is 0.861. The van der Waals surface area contributed by atoms with Crippen LogP contribution in [0.2, 0.25) is 0 Å². The van der Waals surface area contributed by atoms with Crippen molar-refractivity contribution in [3.63, 3.8) is 0 Å². The summed E-state index contributed by atoms with van der Waals surface area (Å²) in [5.41, 5.74) is 0.490. The molecule has 1 aliphatic heterocycles. The fourth-order valence-corrected chi connectivity index (χ4v) is 1.71. The van der Waals surface area contributed by atoms with Gasteiger partial charge in [0.05, 0.1) is 32.5 Å². The second kappa shape index (κ2) is 4.06. The Kier molecular flexibility index (Phi) is 2.72. The van der Waals surface area contributed by atoms with Crippen LogP contribution >= 0.6 is 0 Å². The van der Waals surface area contributed by atoms with Gasteiger partial charge in [-0.3, -0.25) is 14.4 Å². The van der Waals surface area contributed by atoms with Gasteiger partial charge in [0.1, 0.15) is 0 Å². The molecule has 0 N–H and O–H groups in total. The van der Waals surface area contributed by atoms with Gasteiger partial charge in [-0.05, 0) is 12.1 Å². The van der Waals surface area contributed by atoms with Crippen molar-refractivity contribution in [1.82, 2.24) is 5.06 Å². The summed E-state index contributed by atoms with van der Waals surface area (Å²) in [6.45, 7) is 0. The quantitative estimate of drug-likeness (QED) is 0.729. The van der Waals surface area contributed by atoms with Crippen LogP contribution in [0, 0.1) is 0 Å². The maximum atomic E-state index is 11.8. The van der Waals surface area contributed by atoms with Gasteiger partial charge in [-0.25, -0.2) is 0 Å². The molecule has 0 fully saturated rings. The molecule has 0 bridgehead atoms. The largest absolute Gasteiger partial charge is 0.493 e. The zero-order chi connectivity index (χ0) is 12.6. The van der Waals surface area contributed by atoms with Gasteiger partial charge < -0.3 is 9.47 Å². The lowest BCUT2D eigenvalue weighted by Crippen LogP contribution is -2.28. The molecule has 2 rings (SSSR count). The van der Waals surface area contributed by atoms with E-state index in [0.717, 1.165) is 0 Å². The number of imide groups is 1. The Bertz CT molecular complexity index is 454. The lowest BCUT2D eigenvalue weighted by Gasteiger charge is -2.07. The molecule has 0 spiro atoms. The summed E-state index contributed by atoms with van der Waals surface area (Å²) in [4.78, 5) is 28.3. The maximum Gasteiger partial charge on any atom is 0.286 e. The molecule has 1 aromatic rings. The zero-order valence-electron chi connectivity index (χ0n) is 9.64. The van der Waals surface area contributed by atoms with Gasteiger partial charge in [-0.2, -0.15) is 0 Å². The van der Waals surface area contributed by atoms with Gasteiger partial charge >= 0.3 is 0 Å². The Morgan fingerprint density at radius 1 is 0.882 bits per heavy atom. The zero-order valence-corrected chi connectivity index (χ0v) is 9.64. The molecular formula is C11H11NO5. The van der Waals surface area contributed by atoms with E-state index in [0.29, 0.717) is 16.6 Å². The van der Waals surface area contributed by atoms with Crippen LogP contribution in [-0.2, 0) is 4.84 Å². The van der Waals surface area contributed by atoms with Crippen LogP contribution in [0.25, 0.3) is 0 Å². The molecule has 0 atom stereocenters. The summed E-state index contributed by atoms with van der Waals surface area (Å²) in [6, 6.07) is 2.93. The third-order valence-corrected chi connectivity index (χ3v) is 2.54. The first-order valence-corrected chi connectivity index (χ1v) is 4.83. The van der Waals surface area contributed by atoms with E-state index < -0.39 is 11.8 Å².